The second-order valence-electron chi connectivity index (χ2n) is 8.02. The summed E-state index contributed by atoms with van der Waals surface area (Å²) < 4.78 is 23.0. The number of hydrogen-bond acceptors (Lipinski definition) is 6. The lowest BCUT2D eigenvalue weighted by atomic mass is 9.80. The molecule has 6 nitrogen and oxygen atoms in total. The highest BCUT2D eigenvalue weighted by Crippen LogP contribution is 2.41. The Morgan fingerprint density at radius 3 is 1.74 bits per heavy atom. The smallest absolute Gasteiger partial charge is 0.319 e. The van der Waals surface area contributed by atoms with Crippen LogP contribution in [-0.2, 0) is 16.8 Å². The van der Waals surface area contributed by atoms with Crippen molar-refractivity contribution in [2.45, 2.75) is 18.9 Å². The van der Waals surface area contributed by atoms with Crippen molar-refractivity contribution in [3.05, 3.63) is 113 Å². The summed E-state index contributed by atoms with van der Waals surface area (Å²) >= 11 is 0. The molecule has 0 saturated carbocycles. The molecule has 0 aliphatic rings. The average molecular weight is 471 g/mol. The normalized spacial score (nSPS) is 11.2. The maximum atomic E-state index is 6.89. The van der Waals surface area contributed by atoms with E-state index in [0.29, 0.717) is 18.9 Å². The zero-order valence-corrected chi connectivity index (χ0v) is 20.5. The molecule has 0 atom stereocenters. The van der Waals surface area contributed by atoms with E-state index < -0.39 is 5.60 Å². The van der Waals surface area contributed by atoms with Gasteiger partial charge in [0.15, 0.2) is 0 Å². The Balaban J connectivity index is 1.78. The van der Waals surface area contributed by atoms with Crippen LogP contribution < -0.4 is 14.2 Å². The number of aromatic nitrogens is 2. The molecule has 180 valence electrons. The zero-order valence-electron chi connectivity index (χ0n) is 20.5. The Morgan fingerprint density at radius 1 is 0.657 bits per heavy atom. The van der Waals surface area contributed by atoms with Crippen molar-refractivity contribution in [1.29, 1.82) is 0 Å². The summed E-state index contributed by atoms with van der Waals surface area (Å²) in [5, 5.41) is 0. The zero-order chi connectivity index (χ0) is 24.7. The van der Waals surface area contributed by atoms with Crippen LogP contribution in [0.5, 0.6) is 17.6 Å². The molecule has 0 bridgehead atoms. The fourth-order valence-corrected chi connectivity index (χ4v) is 4.32. The van der Waals surface area contributed by atoms with Gasteiger partial charge in [-0.3, -0.25) is 0 Å². The number of hydrogen-bond donors (Lipinski definition) is 0. The molecule has 0 N–H and O–H groups in total. The molecule has 35 heavy (non-hydrogen) atoms. The van der Waals surface area contributed by atoms with E-state index in [4.69, 9.17) is 18.9 Å². The minimum absolute atomic E-state index is 0.283. The molecule has 3 aromatic carbocycles. The minimum atomic E-state index is -0.830. The Kier molecular flexibility index (Phi) is 7.63. The van der Waals surface area contributed by atoms with Gasteiger partial charge >= 0.3 is 6.01 Å². The van der Waals surface area contributed by atoms with Crippen LogP contribution in [0.4, 0.5) is 0 Å². The van der Waals surface area contributed by atoms with Crippen molar-refractivity contribution in [3.8, 4) is 17.6 Å². The number of benzene rings is 3. The molecule has 0 saturated heterocycles. The van der Waals surface area contributed by atoms with Crippen LogP contribution in [0.1, 0.15) is 27.9 Å². The summed E-state index contributed by atoms with van der Waals surface area (Å²) in [6.45, 7) is 2.33. The molecule has 1 aromatic heterocycles. The first-order valence-corrected chi connectivity index (χ1v) is 11.5. The topological polar surface area (TPSA) is 62.7 Å². The van der Waals surface area contributed by atoms with Gasteiger partial charge in [-0.15, -0.1) is 0 Å². The van der Waals surface area contributed by atoms with E-state index in [2.05, 4.69) is 46.4 Å². The molecule has 0 amide bonds. The summed E-state index contributed by atoms with van der Waals surface area (Å²) in [4.78, 5) is 8.78. The van der Waals surface area contributed by atoms with E-state index in [-0.39, 0.29) is 6.01 Å². The van der Waals surface area contributed by atoms with Crippen LogP contribution in [0.2, 0.25) is 0 Å². The summed E-state index contributed by atoms with van der Waals surface area (Å²) in [7, 11) is 4.81. The average Bonchev–Trinajstić information content (AvgIpc) is 2.92. The molecule has 1 heterocycles. The predicted molar refractivity (Wildman–Crippen MR) is 135 cm³/mol. The minimum Gasteiger partial charge on any atom is -0.497 e. The van der Waals surface area contributed by atoms with Crippen LogP contribution in [0.15, 0.2) is 84.9 Å². The molecular formula is C29H30N2O4. The Labute approximate surface area is 206 Å². The SMILES string of the molecule is COc1ccc(C(OCCc2c(C)nc(OC)nc2OC)(c2ccccc2)c2ccccc2)cc1. The van der Waals surface area contributed by atoms with Crippen LogP contribution in [0.25, 0.3) is 0 Å². The summed E-state index contributed by atoms with van der Waals surface area (Å²) in [5.74, 6) is 1.28. The lowest BCUT2D eigenvalue weighted by molar-refractivity contribution is 0.0144. The second kappa shape index (κ2) is 11.0. The van der Waals surface area contributed by atoms with Crippen molar-refractivity contribution in [2.75, 3.05) is 27.9 Å². The van der Waals surface area contributed by atoms with E-state index in [1.54, 1.807) is 21.3 Å². The highest BCUT2D eigenvalue weighted by atomic mass is 16.5. The molecule has 0 spiro atoms. The molecular weight excluding hydrogens is 440 g/mol. The van der Waals surface area contributed by atoms with Crippen molar-refractivity contribution in [2.24, 2.45) is 0 Å². The van der Waals surface area contributed by atoms with E-state index in [9.17, 15) is 0 Å². The first-order chi connectivity index (χ1) is 17.1. The lowest BCUT2D eigenvalue weighted by Crippen LogP contribution is -2.33. The van der Waals surface area contributed by atoms with Gasteiger partial charge in [0.1, 0.15) is 11.4 Å². The van der Waals surface area contributed by atoms with Crippen LogP contribution >= 0.6 is 0 Å². The van der Waals surface area contributed by atoms with Crippen molar-refractivity contribution in [1.82, 2.24) is 9.97 Å². The fourth-order valence-electron chi connectivity index (χ4n) is 4.32. The maximum absolute atomic E-state index is 6.89. The summed E-state index contributed by atoms with van der Waals surface area (Å²) in [6.07, 6.45) is 0.566. The van der Waals surface area contributed by atoms with Gasteiger partial charge in [0.25, 0.3) is 0 Å². The Morgan fingerprint density at radius 2 is 1.23 bits per heavy atom. The van der Waals surface area contributed by atoms with E-state index >= 15 is 0 Å². The fraction of sp³-hybridized carbons (Fsp3) is 0.241. The van der Waals surface area contributed by atoms with Gasteiger partial charge in [0.2, 0.25) is 5.88 Å². The van der Waals surface area contributed by atoms with E-state index in [1.165, 1.54) is 0 Å². The van der Waals surface area contributed by atoms with Gasteiger partial charge < -0.3 is 18.9 Å². The Hall–Kier alpha value is -3.90. The summed E-state index contributed by atoms with van der Waals surface area (Å²) in [6, 6.07) is 28.9. The highest BCUT2D eigenvalue weighted by Gasteiger charge is 2.37. The number of rotatable bonds is 10. The van der Waals surface area contributed by atoms with Gasteiger partial charge in [-0.2, -0.15) is 4.98 Å². The monoisotopic (exact) mass is 470 g/mol. The van der Waals surface area contributed by atoms with Crippen molar-refractivity contribution >= 4 is 0 Å². The largest absolute Gasteiger partial charge is 0.497 e. The predicted octanol–water partition coefficient (Wildman–Crippen LogP) is 5.36. The molecule has 0 radical (unpaired) electrons. The number of aryl methyl sites for hydroxylation is 1. The third kappa shape index (κ3) is 4.98. The number of ether oxygens (including phenoxy) is 4. The molecule has 0 unspecified atom stereocenters. The van der Waals surface area contributed by atoms with Crippen LogP contribution in [-0.4, -0.2) is 37.9 Å². The third-order valence-electron chi connectivity index (χ3n) is 6.06. The number of methoxy groups -OCH3 is 3. The molecule has 6 heteroatoms. The first kappa shape index (κ1) is 24.2. The molecule has 0 aliphatic carbocycles. The van der Waals surface area contributed by atoms with Gasteiger partial charge in [0.05, 0.1) is 33.6 Å². The highest BCUT2D eigenvalue weighted by molar-refractivity contribution is 5.48. The van der Waals surface area contributed by atoms with E-state index in [1.807, 2.05) is 55.5 Å². The van der Waals surface area contributed by atoms with Gasteiger partial charge in [-0.1, -0.05) is 72.8 Å². The molecule has 4 aromatic rings. The molecule has 0 aliphatic heterocycles. The van der Waals surface area contributed by atoms with Crippen molar-refractivity contribution in [3.63, 3.8) is 0 Å². The first-order valence-electron chi connectivity index (χ1n) is 11.5. The lowest BCUT2D eigenvalue weighted by Gasteiger charge is -2.36. The van der Waals surface area contributed by atoms with Gasteiger partial charge in [-0.05, 0) is 35.7 Å². The third-order valence-corrected chi connectivity index (χ3v) is 6.06. The second-order valence-corrected chi connectivity index (χ2v) is 8.02. The van der Waals surface area contributed by atoms with Gasteiger partial charge in [0, 0.05) is 12.0 Å². The Bertz CT molecular complexity index is 1190. The van der Waals surface area contributed by atoms with Crippen LogP contribution in [0, 0.1) is 6.92 Å². The van der Waals surface area contributed by atoms with E-state index in [0.717, 1.165) is 33.7 Å². The molecule has 0 fully saturated rings. The quantitative estimate of drug-likeness (QED) is 0.291. The van der Waals surface area contributed by atoms with Crippen LogP contribution in [0.3, 0.4) is 0 Å². The number of nitrogens with zero attached hydrogens (tertiary/aromatic N) is 2. The maximum Gasteiger partial charge on any atom is 0.319 e. The van der Waals surface area contributed by atoms with Crippen molar-refractivity contribution < 1.29 is 18.9 Å². The molecule has 4 rings (SSSR count). The standard InChI is InChI=1S/C29H30N2O4/c1-21-26(27(33-3)31-28(30-21)34-4)19-20-35-29(22-11-7-5-8-12-22,23-13-9-6-10-14-23)24-15-17-25(32-2)18-16-24/h5-18H,19-20H2,1-4H3. The van der Waals surface area contributed by atoms with Gasteiger partial charge in [-0.25, -0.2) is 4.98 Å². The summed E-state index contributed by atoms with van der Waals surface area (Å²) in [5.41, 5.74) is 3.93.